The van der Waals surface area contributed by atoms with E-state index in [1.165, 1.54) is 16.8 Å². The lowest BCUT2D eigenvalue weighted by atomic mass is 10.2. The molecule has 3 rings (SSSR count). The number of halogens is 1. The molecule has 0 fully saturated rings. The molecule has 3 aromatic rings. The fourth-order valence-corrected chi connectivity index (χ4v) is 2.56. The van der Waals surface area contributed by atoms with Crippen LogP contribution < -0.4 is 9.47 Å². The van der Waals surface area contributed by atoms with Gasteiger partial charge >= 0.3 is 0 Å². The van der Waals surface area contributed by atoms with Gasteiger partial charge in [0.25, 0.3) is 0 Å². The Morgan fingerprint density at radius 2 is 2.12 bits per heavy atom. The van der Waals surface area contributed by atoms with Crippen molar-refractivity contribution in [2.75, 3.05) is 13.7 Å². The lowest BCUT2D eigenvalue weighted by molar-refractivity contribution is 0.311. The molecule has 0 amide bonds. The number of aromatic nitrogens is 3. The van der Waals surface area contributed by atoms with Crippen molar-refractivity contribution in [3.05, 3.63) is 58.6 Å². The number of hydrogen-bond acceptors (Lipinski definition) is 5. The van der Waals surface area contributed by atoms with Crippen LogP contribution in [0.25, 0.3) is 11.4 Å². The third kappa shape index (κ3) is 3.80. The van der Waals surface area contributed by atoms with E-state index in [0.29, 0.717) is 34.3 Å². The lowest BCUT2D eigenvalue weighted by Crippen LogP contribution is -1.98. The van der Waals surface area contributed by atoms with Gasteiger partial charge in [0, 0.05) is 5.56 Å². The van der Waals surface area contributed by atoms with Gasteiger partial charge < -0.3 is 9.47 Å². The summed E-state index contributed by atoms with van der Waals surface area (Å²) < 4.78 is 26.1. The highest BCUT2D eigenvalue weighted by atomic mass is 32.1. The number of nitrogens with one attached hydrogen (secondary N) is 1. The zero-order chi connectivity index (χ0) is 18.5. The number of methoxy groups -OCH3 is 1. The first kappa shape index (κ1) is 17.8. The molecular formula is C18H17FN4O2S. The summed E-state index contributed by atoms with van der Waals surface area (Å²) in [4.78, 5) is 0. The van der Waals surface area contributed by atoms with Crippen LogP contribution in [0.3, 0.4) is 0 Å². The topological polar surface area (TPSA) is 64.4 Å². The van der Waals surface area contributed by atoms with Crippen LogP contribution >= 0.6 is 12.2 Å². The Bertz CT molecular complexity index is 997. The molecule has 8 heteroatoms. The Hall–Kier alpha value is -3.00. The standard InChI is InChI=1S/C18H17FN4O2S/c1-3-25-15-8-7-12(9-16(15)24-2)11-20-23-17(21-22-18(23)26)13-5-4-6-14(19)10-13/h4-11H,3H2,1-2H3,(H,22,26)/b20-11-. The van der Waals surface area contributed by atoms with Crippen LogP contribution in [0, 0.1) is 10.6 Å². The van der Waals surface area contributed by atoms with E-state index in [1.807, 2.05) is 19.1 Å². The first-order valence-electron chi connectivity index (χ1n) is 7.91. The fourth-order valence-electron chi connectivity index (χ4n) is 2.38. The van der Waals surface area contributed by atoms with Crippen LogP contribution in [0.2, 0.25) is 0 Å². The molecule has 1 N–H and O–H groups in total. The second-order valence-electron chi connectivity index (χ2n) is 5.26. The average Bonchev–Trinajstić information content (AvgIpc) is 3.01. The fraction of sp³-hybridized carbons (Fsp3) is 0.167. The molecule has 26 heavy (non-hydrogen) atoms. The van der Waals surface area contributed by atoms with Crippen molar-refractivity contribution in [1.82, 2.24) is 14.9 Å². The number of aromatic amines is 1. The number of rotatable bonds is 6. The van der Waals surface area contributed by atoms with Gasteiger partial charge in [-0.05, 0) is 55.0 Å². The SMILES string of the molecule is CCOc1ccc(/C=N\n2c(-c3cccc(F)c3)n[nH]c2=S)cc1OC. The van der Waals surface area contributed by atoms with Crippen LogP contribution in [0.5, 0.6) is 11.5 Å². The van der Waals surface area contributed by atoms with E-state index in [4.69, 9.17) is 21.7 Å². The highest BCUT2D eigenvalue weighted by Crippen LogP contribution is 2.27. The van der Waals surface area contributed by atoms with Crippen molar-refractivity contribution in [2.45, 2.75) is 6.92 Å². The van der Waals surface area contributed by atoms with E-state index in [9.17, 15) is 4.39 Å². The molecule has 0 saturated carbocycles. The Kier molecular flexibility index (Phi) is 5.43. The summed E-state index contributed by atoms with van der Waals surface area (Å²) >= 11 is 5.22. The number of H-pyrrole nitrogens is 1. The lowest BCUT2D eigenvalue weighted by Gasteiger charge is -2.09. The van der Waals surface area contributed by atoms with Gasteiger partial charge in [-0.25, -0.2) is 9.49 Å². The molecule has 6 nitrogen and oxygen atoms in total. The van der Waals surface area contributed by atoms with E-state index in [-0.39, 0.29) is 5.82 Å². The summed E-state index contributed by atoms with van der Waals surface area (Å²) in [6, 6.07) is 11.5. The van der Waals surface area contributed by atoms with Crippen molar-refractivity contribution >= 4 is 18.4 Å². The zero-order valence-corrected chi connectivity index (χ0v) is 15.1. The molecule has 0 aliphatic rings. The van der Waals surface area contributed by atoms with Gasteiger partial charge in [-0.2, -0.15) is 14.9 Å². The van der Waals surface area contributed by atoms with Gasteiger partial charge in [0.2, 0.25) is 4.77 Å². The Morgan fingerprint density at radius 1 is 1.27 bits per heavy atom. The summed E-state index contributed by atoms with van der Waals surface area (Å²) in [6.45, 7) is 2.45. The quantitative estimate of drug-likeness (QED) is 0.524. The number of benzene rings is 2. The molecule has 0 radical (unpaired) electrons. The average molecular weight is 372 g/mol. The van der Waals surface area contributed by atoms with Gasteiger partial charge in [-0.15, -0.1) is 0 Å². The monoisotopic (exact) mass is 372 g/mol. The predicted octanol–water partition coefficient (Wildman–Crippen LogP) is 4.04. The van der Waals surface area contributed by atoms with Gasteiger partial charge in [0.05, 0.1) is 19.9 Å². The van der Waals surface area contributed by atoms with Crippen LogP contribution in [0.15, 0.2) is 47.6 Å². The number of ether oxygens (including phenoxy) is 2. The third-order valence-electron chi connectivity index (χ3n) is 3.54. The van der Waals surface area contributed by atoms with Crippen LogP contribution in [0.4, 0.5) is 4.39 Å². The number of hydrogen-bond donors (Lipinski definition) is 1. The molecule has 0 atom stereocenters. The molecule has 1 aromatic heterocycles. The summed E-state index contributed by atoms with van der Waals surface area (Å²) in [7, 11) is 1.58. The normalized spacial score (nSPS) is 11.0. The Labute approximate surface area is 154 Å². The van der Waals surface area contributed by atoms with E-state index in [2.05, 4.69) is 15.3 Å². The second kappa shape index (κ2) is 7.92. The highest BCUT2D eigenvalue weighted by Gasteiger charge is 2.09. The highest BCUT2D eigenvalue weighted by molar-refractivity contribution is 7.71. The van der Waals surface area contributed by atoms with Crippen molar-refractivity contribution in [3.8, 4) is 22.9 Å². The minimum atomic E-state index is -0.358. The third-order valence-corrected chi connectivity index (χ3v) is 3.81. The minimum absolute atomic E-state index is 0.304. The number of nitrogens with zero attached hydrogens (tertiary/aromatic N) is 3. The first-order valence-corrected chi connectivity index (χ1v) is 8.31. The van der Waals surface area contributed by atoms with Gasteiger partial charge in [0.15, 0.2) is 17.3 Å². The maximum Gasteiger partial charge on any atom is 0.216 e. The van der Waals surface area contributed by atoms with Gasteiger partial charge in [-0.3, -0.25) is 0 Å². The van der Waals surface area contributed by atoms with E-state index in [1.54, 1.807) is 31.5 Å². The summed E-state index contributed by atoms with van der Waals surface area (Å²) in [5.74, 6) is 1.33. The molecule has 0 aliphatic heterocycles. The van der Waals surface area contributed by atoms with Crippen LogP contribution in [-0.4, -0.2) is 34.8 Å². The van der Waals surface area contributed by atoms with E-state index < -0.39 is 0 Å². The Balaban J connectivity index is 1.95. The van der Waals surface area contributed by atoms with Gasteiger partial charge in [-0.1, -0.05) is 12.1 Å². The molecule has 0 saturated heterocycles. The molecule has 0 bridgehead atoms. The summed E-state index contributed by atoms with van der Waals surface area (Å²) in [5, 5.41) is 11.2. The van der Waals surface area contributed by atoms with E-state index >= 15 is 0 Å². The first-order chi connectivity index (χ1) is 12.6. The van der Waals surface area contributed by atoms with Crippen LogP contribution in [0.1, 0.15) is 12.5 Å². The van der Waals surface area contributed by atoms with Crippen molar-refractivity contribution < 1.29 is 13.9 Å². The van der Waals surface area contributed by atoms with Crippen molar-refractivity contribution in [3.63, 3.8) is 0 Å². The van der Waals surface area contributed by atoms with Crippen molar-refractivity contribution in [1.29, 1.82) is 0 Å². The summed E-state index contributed by atoms with van der Waals surface area (Å²) in [5.41, 5.74) is 1.36. The molecular weight excluding hydrogens is 355 g/mol. The van der Waals surface area contributed by atoms with E-state index in [0.717, 1.165) is 5.56 Å². The molecule has 0 spiro atoms. The molecule has 2 aromatic carbocycles. The smallest absolute Gasteiger partial charge is 0.216 e. The second-order valence-corrected chi connectivity index (χ2v) is 5.65. The molecule has 0 aliphatic carbocycles. The van der Waals surface area contributed by atoms with Crippen LogP contribution in [-0.2, 0) is 0 Å². The zero-order valence-electron chi connectivity index (χ0n) is 14.3. The molecule has 0 unspecified atom stereocenters. The Morgan fingerprint density at radius 3 is 2.85 bits per heavy atom. The van der Waals surface area contributed by atoms with Crippen molar-refractivity contribution in [2.24, 2.45) is 5.10 Å². The maximum absolute atomic E-state index is 13.5. The maximum atomic E-state index is 13.5. The molecule has 1 heterocycles. The van der Waals surface area contributed by atoms with Gasteiger partial charge in [0.1, 0.15) is 5.82 Å². The summed E-state index contributed by atoms with van der Waals surface area (Å²) in [6.07, 6.45) is 1.62. The molecule has 134 valence electrons. The largest absolute Gasteiger partial charge is 0.493 e. The predicted molar refractivity (Wildman–Crippen MR) is 100.0 cm³/mol. The minimum Gasteiger partial charge on any atom is -0.493 e.